The van der Waals surface area contributed by atoms with Crippen LogP contribution < -0.4 is 0 Å². The number of non-ortho nitro benzene ring substituents is 1. The second kappa shape index (κ2) is 6.79. The highest BCUT2D eigenvalue weighted by molar-refractivity contribution is 5.94. The van der Waals surface area contributed by atoms with Crippen molar-refractivity contribution in [3.63, 3.8) is 0 Å². The summed E-state index contributed by atoms with van der Waals surface area (Å²) in [6.07, 6.45) is 3.83. The predicted molar refractivity (Wildman–Crippen MR) is 87.5 cm³/mol. The van der Waals surface area contributed by atoms with Crippen LogP contribution in [0.2, 0.25) is 0 Å². The van der Waals surface area contributed by atoms with E-state index in [1.165, 1.54) is 12.1 Å². The first-order chi connectivity index (χ1) is 11.5. The molecule has 2 heterocycles. The molecule has 24 heavy (non-hydrogen) atoms. The molecule has 0 spiro atoms. The molecule has 1 aliphatic rings. The lowest BCUT2D eigenvalue weighted by Gasteiger charge is -2.34. The van der Waals surface area contributed by atoms with Gasteiger partial charge in [-0.1, -0.05) is 6.07 Å². The standard InChI is InChI=1S/C16H19N5O3/c1-18-11-13(10-17-18)12-19-5-7-20(8-6-19)16(22)14-3-2-4-15(9-14)21(23)24/h2-4,9-11H,5-8,12H2,1H3. The first kappa shape index (κ1) is 16.1. The molecule has 2 aromatic rings. The van der Waals surface area contributed by atoms with Gasteiger partial charge >= 0.3 is 0 Å². The van der Waals surface area contributed by atoms with E-state index in [1.807, 2.05) is 19.4 Å². The Kier molecular flexibility index (Phi) is 4.57. The van der Waals surface area contributed by atoms with Crippen molar-refractivity contribution in [2.75, 3.05) is 26.2 Å². The Morgan fingerprint density at radius 2 is 2.04 bits per heavy atom. The van der Waals surface area contributed by atoms with Crippen LogP contribution in [0.4, 0.5) is 5.69 Å². The molecule has 8 heteroatoms. The zero-order valence-corrected chi connectivity index (χ0v) is 13.5. The molecule has 0 bridgehead atoms. The average molecular weight is 329 g/mol. The lowest BCUT2D eigenvalue weighted by molar-refractivity contribution is -0.384. The number of hydrogen-bond acceptors (Lipinski definition) is 5. The summed E-state index contributed by atoms with van der Waals surface area (Å²) >= 11 is 0. The van der Waals surface area contributed by atoms with Crippen molar-refractivity contribution in [1.82, 2.24) is 19.6 Å². The van der Waals surface area contributed by atoms with Crippen molar-refractivity contribution in [1.29, 1.82) is 0 Å². The summed E-state index contributed by atoms with van der Waals surface area (Å²) in [5, 5.41) is 15.0. The third kappa shape index (κ3) is 3.60. The van der Waals surface area contributed by atoms with Crippen LogP contribution in [0, 0.1) is 10.1 Å². The van der Waals surface area contributed by atoms with Crippen LogP contribution in [0.5, 0.6) is 0 Å². The van der Waals surface area contributed by atoms with Crippen LogP contribution in [0.15, 0.2) is 36.7 Å². The maximum Gasteiger partial charge on any atom is 0.270 e. The molecule has 1 aromatic heterocycles. The topological polar surface area (TPSA) is 84.5 Å². The Hall–Kier alpha value is -2.74. The third-order valence-electron chi connectivity index (χ3n) is 4.13. The molecule has 0 aliphatic carbocycles. The molecular weight excluding hydrogens is 310 g/mol. The highest BCUT2D eigenvalue weighted by Crippen LogP contribution is 2.16. The van der Waals surface area contributed by atoms with Gasteiger partial charge in [0.05, 0.1) is 11.1 Å². The number of piperazine rings is 1. The number of carbonyl (C=O) groups excluding carboxylic acids is 1. The molecule has 1 aromatic carbocycles. The molecular formula is C16H19N5O3. The number of nitro groups is 1. The number of nitrogens with zero attached hydrogens (tertiary/aromatic N) is 5. The first-order valence-corrected chi connectivity index (χ1v) is 7.76. The van der Waals surface area contributed by atoms with Gasteiger partial charge in [-0.05, 0) is 6.07 Å². The number of amides is 1. The van der Waals surface area contributed by atoms with E-state index in [4.69, 9.17) is 0 Å². The van der Waals surface area contributed by atoms with Gasteiger partial charge in [0.1, 0.15) is 0 Å². The summed E-state index contributed by atoms with van der Waals surface area (Å²) in [7, 11) is 1.89. The Bertz CT molecular complexity index is 750. The van der Waals surface area contributed by atoms with E-state index in [2.05, 4.69) is 10.00 Å². The largest absolute Gasteiger partial charge is 0.336 e. The quantitative estimate of drug-likeness (QED) is 0.623. The van der Waals surface area contributed by atoms with Crippen molar-refractivity contribution < 1.29 is 9.72 Å². The van der Waals surface area contributed by atoms with E-state index in [1.54, 1.807) is 21.7 Å². The van der Waals surface area contributed by atoms with Crippen molar-refractivity contribution in [3.8, 4) is 0 Å². The highest BCUT2D eigenvalue weighted by Gasteiger charge is 2.23. The molecule has 1 amide bonds. The molecule has 0 saturated carbocycles. The van der Waals surface area contributed by atoms with Crippen molar-refractivity contribution in [3.05, 3.63) is 57.9 Å². The molecule has 0 radical (unpaired) electrons. The average Bonchev–Trinajstić information content (AvgIpc) is 3.00. The number of aryl methyl sites for hydroxylation is 1. The van der Waals surface area contributed by atoms with Gasteiger partial charge in [-0.15, -0.1) is 0 Å². The minimum atomic E-state index is -0.484. The van der Waals surface area contributed by atoms with Gasteiger partial charge in [-0.25, -0.2) is 0 Å². The number of aromatic nitrogens is 2. The van der Waals surface area contributed by atoms with E-state index in [-0.39, 0.29) is 11.6 Å². The van der Waals surface area contributed by atoms with E-state index < -0.39 is 4.92 Å². The summed E-state index contributed by atoms with van der Waals surface area (Å²) in [5.41, 5.74) is 1.46. The van der Waals surface area contributed by atoms with Crippen LogP contribution in [0.1, 0.15) is 15.9 Å². The second-order valence-electron chi connectivity index (χ2n) is 5.90. The summed E-state index contributed by atoms with van der Waals surface area (Å²) in [6, 6.07) is 5.90. The maximum atomic E-state index is 12.5. The van der Waals surface area contributed by atoms with E-state index >= 15 is 0 Å². The van der Waals surface area contributed by atoms with Crippen molar-refractivity contribution >= 4 is 11.6 Å². The van der Waals surface area contributed by atoms with Gasteiger partial charge < -0.3 is 4.90 Å². The van der Waals surface area contributed by atoms with Gasteiger partial charge in [-0.2, -0.15) is 5.10 Å². The molecule has 0 N–H and O–H groups in total. The molecule has 1 fully saturated rings. The van der Waals surface area contributed by atoms with Crippen LogP contribution >= 0.6 is 0 Å². The van der Waals surface area contributed by atoms with Gasteiger partial charge in [0.25, 0.3) is 11.6 Å². The van der Waals surface area contributed by atoms with Crippen LogP contribution in [-0.2, 0) is 13.6 Å². The zero-order valence-electron chi connectivity index (χ0n) is 13.5. The fourth-order valence-corrected chi connectivity index (χ4v) is 2.86. The summed E-state index contributed by atoms with van der Waals surface area (Å²) in [4.78, 5) is 26.9. The molecule has 1 saturated heterocycles. The first-order valence-electron chi connectivity index (χ1n) is 7.76. The predicted octanol–water partition coefficient (Wildman–Crippen LogP) is 1.29. The second-order valence-corrected chi connectivity index (χ2v) is 5.90. The van der Waals surface area contributed by atoms with Gasteiger partial charge in [-0.3, -0.25) is 24.5 Å². The van der Waals surface area contributed by atoms with Crippen LogP contribution in [0.25, 0.3) is 0 Å². The number of hydrogen-bond donors (Lipinski definition) is 0. The summed E-state index contributed by atoms with van der Waals surface area (Å²) in [6.45, 7) is 3.58. The summed E-state index contributed by atoms with van der Waals surface area (Å²) in [5.74, 6) is -0.153. The van der Waals surface area contributed by atoms with Gasteiger partial charge in [0.2, 0.25) is 0 Å². The van der Waals surface area contributed by atoms with Crippen LogP contribution in [-0.4, -0.2) is 56.6 Å². The van der Waals surface area contributed by atoms with E-state index in [0.29, 0.717) is 18.7 Å². The Morgan fingerprint density at radius 1 is 1.29 bits per heavy atom. The number of rotatable bonds is 4. The molecule has 1 aliphatic heterocycles. The molecule has 3 rings (SSSR count). The lowest BCUT2D eigenvalue weighted by atomic mass is 10.1. The maximum absolute atomic E-state index is 12.5. The van der Waals surface area contributed by atoms with Gasteiger partial charge in [0.15, 0.2) is 0 Å². The molecule has 0 unspecified atom stereocenters. The normalized spacial score (nSPS) is 15.5. The van der Waals surface area contributed by atoms with Gasteiger partial charge in [0, 0.05) is 69.2 Å². The molecule has 0 atom stereocenters. The van der Waals surface area contributed by atoms with Crippen molar-refractivity contribution in [2.45, 2.75) is 6.54 Å². The minimum Gasteiger partial charge on any atom is -0.336 e. The van der Waals surface area contributed by atoms with E-state index in [0.717, 1.165) is 25.2 Å². The third-order valence-corrected chi connectivity index (χ3v) is 4.13. The minimum absolute atomic E-state index is 0.0592. The van der Waals surface area contributed by atoms with E-state index in [9.17, 15) is 14.9 Å². The Labute approximate surface area is 139 Å². The Morgan fingerprint density at radius 3 is 2.67 bits per heavy atom. The fourth-order valence-electron chi connectivity index (χ4n) is 2.86. The van der Waals surface area contributed by atoms with Crippen LogP contribution in [0.3, 0.4) is 0 Å². The molecule has 126 valence electrons. The number of benzene rings is 1. The SMILES string of the molecule is Cn1cc(CN2CCN(C(=O)c3cccc([N+](=O)[O-])c3)CC2)cn1. The highest BCUT2D eigenvalue weighted by atomic mass is 16.6. The van der Waals surface area contributed by atoms with Crippen molar-refractivity contribution in [2.24, 2.45) is 7.05 Å². The molecule has 8 nitrogen and oxygen atoms in total. The fraction of sp³-hybridized carbons (Fsp3) is 0.375. The summed E-state index contributed by atoms with van der Waals surface area (Å²) < 4.78 is 1.78. The zero-order chi connectivity index (χ0) is 17.1. The Balaban J connectivity index is 1.59. The number of carbonyl (C=O) groups is 1. The lowest BCUT2D eigenvalue weighted by Crippen LogP contribution is -2.48. The number of nitro benzene ring substituents is 1. The smallest absolute Gasteiger partial charge is 0.270 e. The monoisotopic (exact) mass is 329 g/mol.